The first-order valence-electron chi connectivity index (χ1n) is 6.68. The standard InChI is InChI=1S/C15H18Cl2N2/c1-9(16)14-18-12-5-4-11(17)6-13(12)19(14)8-10-7-15(10,2)3/h4-6,9-10H,7-8H2,1-3H3. The molecule has 1 heterocycles. The van der Waals surface area contributed by atoms with Crippen LogP contribution in [0.1, 0.15) is 38.4 Å². The van der Waals surface area contributed by atoms with Crippen molar-refractivity contribution in [2.75, 3.05) is 0 Å². The van der Waals surface area contributed by atoms with Crippen LogP contribution in [-0.2, 0) is 6.54 Å². The Morgan fingerprint density at radius 2 is 2.16 bits per heavy atom. The van der Waals surface area contributed by atoms with Gasteiger partial charge in [0.2, 0.25) is 0 Å². The first kappa shape index (κ1) is 13.3. The highest BCUT2D eigenvalue weighted by molar-refractivity contribution is 6.31. The number of fused-ring (bicyclic) bond motifs is 1. The molecule has 1 fully saturated rings. The molecular formula is C15H18Cl2N2. The zero-order chi connectivity index (χ0) is 13.8. The Labute approximate surface area is 123 Å². The maximum atomic E-state index is 6.28. The van der Waals surface area contributed by atoms with Gasteiger partial charge in [-0.3, -0.25) is 0 Å². The number of imidazole rings is 1. The van der Waals surface area contributed by atoms with Gasteiger partial charge in [0.1, 0.15) is 5.82 Å². The summed E-state index contributed by atoms with van der Waals surface area (Å²) >= 11 is 12.4. The average Bonchev–Trinajstić information content (AvgIpc) is 2.77. The second-order valence-corrected chi connectivity index (χ2v) is 7.31. The highest BCUT2D eigenvalue weighted by atomic mass is 35.5. The smallest absolute Gasteiger partial charge is 0.127 e. The molecule has 1 aliphatic rings. The first-order valence-corrected chi connectivity index (χ1v) is 7.50. The highest BCUT2D eigenvalue weighted by Crippen LogP contribution is 2.53. The van der Waals surface area contributed by atoms with Crippen molar-refractivity contribution >= 4 is 34.2 Å². The summed E-state index contributed by atoms with van der Waals surface area (Å²) in [5, 5.41) is 0.658. The fourth-order valence-electron chi connectivity index (χ4n) is 2.72. The van der Waals surface area contributed by atoms with Crippen LogP contribution in [0, 0.1) is 11.3 Å². The number of benzene rings is 1. The molecule has 0 radical (unpaired) electrons. The molecule has 0 saturated heterocycles. The molecule has 0 bridgehead atoms. The number of alkyl halides is 1. The van der Waals surface area contributed by atoms with Gasteiger partial charge in [-0.05, 0) is 42.9 Å². The van der Waals surface area contributed by atoms with Crippen LogP contribution in [-0.4, -0.2) is 9.55 Å². The molecular weight excluding hydrogens is 279 g/mol. The zero-order valence-corrected chi connectivity index (χ0v) is 13.0. The normalized spacial score (nSPS) is 22.7. The van der Waals surface area contributed by atoms with Gasteiger partial charge in [0.15, 0.2) is 0 Å². The number of halogens is 2. The molecule has 0 amide bonds. The van der Waals surface area contributed by atoms with Gasteiger partial charge >= 0.3 is 0 Å². The lowest BCUT2D eigenvalue weighted by molar-refractivity contribution is 0.495. The fourth-order valence-corrected chi connectivity index (χ4v) is 3.05. The summed E-state index contributed by atoms with van der Waals surface area (Å²) in [5.74, 6) is 1.65. The predicted octanol–water partition coefficient (Wildman–Crippen LogP) is 5.04. The fraction of sp³-hybridized carbons (Fsp3) is 0.533. The first-order chi connectivity index (χ1) is 8.88. The summed E-state index contributed by atoms with van der Waals surface area (Å²) in [4.78, 5) is 4.65. The molecule has 19 heavy (non-hydrogen) atoms. The summed E-state index contributed by atoms with van der Waals surface area (Å²) in [7, 11) is 0. The molecule has 2 nitrogen and oxygen atoms in total. The second kappa shape index (κ2) is 4.39. The van der Waals surface area contributed by atoms with Crippen molar-refractivity contribution in [2.45, 2.75) is 39.1 Å². The SMILES string of the molecule is CC(Cl)c1nc2ccc(Cl)cc2n1CC1CC1(C)C. The van der Waals surface area contributed by atoms with Crippen molar-refractivity contribution in [2.24, 2.45) is 11.3 Å². The zero-order valence-electron chi connectivity index (χ0n) is 11.5. The third kappa shape index (κ3) is 2.36. The highest BCUT2D eigenvalue weighted by Gasteiger charge is 2.45. The Kier molecular flexibility index (Phi) is 3.06. The topological polar surface area (TPSA) is 17.8 Å². The van der Waals surface area contributed by atoms with E-state index in [4.69, 9.17) is 23.2 Å². The van der Waals surface area contributed by atoms with Gasteiger partial charge in [-0.1, -0.05) is 25.4 Å². The van der Waals surface area contributed by atoms with E-state index >= 15 is 0 Å². The number of nitrogens with zero attached hydrogens (tertiary/aromatic N) is 2. The van der Waals surface area contributed by atoms with Gasteiger partial charge in [-0.25, -0.2) is 4.98 Å². The molecule has 4 heteroatoms. The molecule has 102 valence electrons. The molecule has 0 spiro atoms. The van der Waals surface area contributed by atoms with Crippen LogP contribution in [0.25, 0.3) is 11.0 Å². The Morgan fingerprint density at radius 1 is 1.47 bits per heavy atom. The Bertz CT molecular complexity index is 628. The number of hydrogen-bond donors (Lipinski definition) is 0. The van der Waals surface area contributed by atoms with Crippen molar-refractivity contribution in [1.29, 1.82) is 0 Å². The van der Waals surface area contributed by atoms with E-state index < -0.39 is 0 Å². The second-order valence-electron chi connectivity index (χ2n) is 6.22. The van der Waals surface area contributed by atoms with Crippen molar-refractivity contribution in [1.82, 2.24) is 9.55 Å². The van der Waals surface area contributed by atoms with Crippen molar-refractivity contribution in [3.05, 3.63) is 29.0 Å². The molecule has 0 N–H and O–H groups in total. The van der Waals surface area contributed by atoms with Gasteiger partial charge in [-0.2, -0.15) is 0 Å². The average molecular weight is 297 g/mol. The minimum absolute atomic E-state index is 0.0898. The van der Waals surface area contributed by atoms with Crippen LogP contribution >= 0.6 is 23.2 Å². The Balaban J connectivity index is 2.08. The van der Waals surface area contributed by atoms with Gasteiger partial charge in [-0.15, -0.1) is 11.6 Å². The molecule has 2 atom stereocenters. The van der Waals surface area contributed by atoms with Crippen molar-refractivity contribution in [3.8, 4) is 0 Å². The van der Waals surface area contributed by atoms with Crippen LogP contribution in [0.5, 0.6) is 0 Å². The van der Waals surface area contributed by atoms with E-state index in [1.807, 2.05) is 25.1 Å². The van der Waals surface area contributed by atoms with E-state index in [1.54, 1.807) is 0 Å². The summed E-state index contributed by atoms with van der Waals surface area (Å²) in [6, 6.07) is 5.84. The van der Waals surface area contributed by atoms with Gasteiger partial charge in [0, 0.05) is 11.6 Å². The van der Waals surface area contributed by atoms with E-state index in [1.165, 1.54) is 6.42 Å². The molecule has 1 aliphatic carbocycles. The predicted molar refractivity (Wildman–Crippen MR) is 80.9 cm³/mol. The summed E-state index contributed by atoms with van der Waals surface area (Å²) in [6.45, 7) is 7.58. The Morgan fingerprint density at radius 3 is 2.74 bits per heavy atom. The van der Waals surface area contributed by atoms with E-state index in [0.29, 0.717) is 11.3 Å². The molecule has 1 saturated carbocycles. The quantitative estimate of drug-likeness (QED) is 0.726. The van der Waals surface area contributed by atoms with Crippen LogP contribution in [0.15, 0.2) is 18.2 Å². The van der Waals surface area contributed by atoms with Gasteiger partial charge in [0.25, 0.3) is 0 Å². The lowest BCUT2D eigenvalue weighted by Crippen LogP contribution is -2.08. The van der Waals surface area contributed by atoms with E-state index in [2.05, 4.69) is 23.4 Å². The monoisotopic (exact) mass is 296 g/mol. The molecule has 2 unspecified atom stereocenters. The van der Waals surface area contributed by atoms with Crippen LogP contribution < -0.4 is 0 Å². The molecule has 1 aromatic carbocycles. The minimum atomic E-state index is -0.0898. The van der Waals surface area contributed by atoms with Crippen LogP contribution in [0.4, 0.5) is 0 Å². The largest absolute Gasteiger partial charge is 0.326 e. The number of rotatable bonds is 3. The summed E-state index contributed by atoms with van der Waals surface area (Å²) < 4.78 is 2.25. The van der Waals surface area contributed by atoms with E-state index in [0.717, 1.165) is 28.4 Å². The lowest BCUT2D eigenvalue weighted by atomic mass is 10.1. The van der Waals surface area contributed by atoms with E-state index in [-0.39, 0.29) is 5.38 Å². The maximum Gasteiger partial charge on any atom is 0.127 e. The maximum absolute atomic E-state index is 6.28. The van der Waals surface area contributed by atoms with Crippen molar-refractivity contribution < 1.29 is 0 Å². The molecule has 2 aromatic rings. The lowest BCUT2D eigenvalue weighted by Gasteiger charge is -2.11. The van der Waals surface area contributed by atoms with E-state index in [9.17, 15) is 0 Å². The van der Waals surface area contributed by atoms with Crippen LogP contribution in [0.3, 0.4) is 0 Å². The summed E-state index contributed by atoms with van der Waals surface area (Å²) in [6.07, 6.45) is 1.27. The third-order valence-corrected chi connectivity index (χ3v) is 4.65. The molecule has 1 aromatic heterocycles. The third-order valence-electron chi connectivity index (χ3n) is 4.22. The number of hydrogen-bond acceptors (Lipinski definition) is 1. The van der Waals surface area contributed by atoms with Gasteiger partial charge in [0.05, 0.1) is 16.4 Å². The number of aromatic nitrogens is 2. The minimum Gasteiger partial charge on any atom is -0.326 e. The molecule has 0 aliphatic heterocycles. The van der Waals surface area contributed by atoms with Gasteiger partial charge < -0.3 is 4.57 Å². The summed E-state index contributed by atoms with van der Waals surface area (Å²) in [5.41, 5.74) is 2.52. The van der Waals surface area contributed by atoms with Crippen molar-refractivity contribution in [3.63, 3.8) is 0 Å². The van der Waals surface area contributed by atoms with Crippen LogP contribution in [0.2, 0.25) is 5.02 Å². The molecule has 3 rings (SSSR count). The Hall–Kier alpha value is -0.730.